The minimum Gasteiger partial charge on any atom is -0.466 e. The van der Waals surface area contributed by atoms with Crippen molar-refractivity contribution >= 4 is 40.8 Å². The van der Waals surface area contributed by atoms with Crippen LogP contribution in [0.15, 0.2) is 23.4 Å². The maximum absolute atomic E-state index is 13.8. The fraction of sp³-hybridized carbons (Fsp3) is 0.286. The van der Waals surface area contributed by atoms with Gasteiger partial charge >= 0.3 is 11.9 Å². The van der Waals surface area contributed by atoms with Gasteiger partial charge in [0, 0.05) is 6.07 Å². The molecule has 0 aliphatic carbocycles. The predicted molar refractivity (Wildman–Crippen MR) is 80.8 cm³/mol. The Kier molecular flexibility index (Phi) is 5.46. The smallest absolute Gasteiger partial charge is 0.355 e. The zero-order chi connectivity index (χ0) is 17.1. The van der Waals surface area contributed by atoms with Crippen molar-refractivity contribution in [1.29, 1.82) is 0 Å². The van der Waals surface area contributed by atoms with Crippen molar-refractivity contribution in [3.05, 3.63) is 39.3 Å². The van der Waals surface area contributed by atoms with Gasteiger partial charge in [-0.1, -0.05) is 23.2 Å². The lowest BCUT2D eigenvalue weighted by Gasteiger charge is -2.31. The fourth-order valence-corrected chi connectivity index (χ4v) is 2.54. The van der Waals surface area contributed by atoms with E-state index in [1.165, 1.54) is 11.0 Å². The Bertz CT molecular complexity index is 692. The monoisotopic (exact) mass is 363 g/mol. The van der Waals surface area contributed by atoms with Crippen LogP contribution in [-0.4, -0.2) is 39.5 Å². The van der Waals surface area contributed by atoms with Crippen LogP contribution in [0, 0.1) is 5.82 Å². The Morgan fingerprint density at radius 1 is 1.17 bits per heavy atom. The van der Waals surface area contributed by atoms with Crippen LogP contribution in [0.4, 0.5) is 10.1 Å². The SMILES string of the molecule is COC(=O)C1=C(C(=O)OC)N(c2cc(F)c(Cl)cc2Cl)COC1. The van der Waals surface area contributed by atoms with E-state index in [1.807, 2.05) is 0 Å². The molecule has 0 saturated carbocycles. The van der Waals surface area contributed by atoms with Gasteiger partial charge in [-0.2, -0.15) is 0 Å². The van der Waals surface area contributed by atoms with Gasteiger partial charge in [-0.15, -0.1) is 0 Å². The number of methoxy groups -OCH3 is 2. The fourth-order valence-electron chi connectivity index (χ4n) is 2.05. The highest BCUT2D eigenvalue weighted by molar-refractivity contribution is 6.36. The zero-order valence-electron chi connectivity index (χ0n) is 12.2. The first-order valence-electron chi connectivity index (χ1n) is 6.30. The lowest BCUT2D eigenvalue weighted by molar-refractivity contribution is -0.140. The summed E-state index contributed by atoms with van der Waals surface area (Å²) in [5.74, 6) is -2.30. The highest BCUT2D eigenvalue weighted by Gasteiger charge is 2.33. The number of carbonyl (C=O) groups excluding carboxylic acids is 2. The number of esters is 2. The Balaban J connectivity index is 2.62. The molecule has 0 amide bonds. The molecule has 1 aromatic rings. The molecule has 0 fully saturated rings. The first-order valence-corrected chi connectivity index (χ1v) is 7.05. The zero-order valence-corrected chi connectivity index (χ0v) is 13.7. The van der Waals surface area contributed by atoms with Crippen LogP contribution in [0.2, 0.25) is 10.0 Å². The van der Waals surface area contributed by atoms with Crippen molar-refractivity contribution < 1.29 is 28.2 Å². The molecule has 9 heteroatoms. The van der Waals surface area contributed by atoms with Gasteiger partial charge in [0.2, 0.25) is 0 Å². The molecule has 1 heterocycles. The van der Waals surface area contributed by atoms with E-state index in [-0.39, 0.29) is 40.3 Å². The molecule has 0 spiro atoms. The highest BCUT2D eigenvalue weighted by atomic mass is 35.5. The van der Waals surface area contributed by atoms with E-state index in [1.54, 1.807) is 0 Å². The molecule has 23 heavy (non-hydrogen) atoms. The average molecular weight is 364 g/mol. The maximum atomic E-state index is 13.8. The Labute approximate surface area is 141 Å². The first-order chi connectivity index (χ1) is 10.9. The van der Waals surface area contributed by atoms with Gasteiger partial charge in [0.1, 0.15) is 18.2 Å². The molecule has 0 radical (unpaired) electrons. The topological polar surface area (TPSA) is 65.1 Å². The third kappa shape index (κ3) is 3.41. The van der Waals surface area contributed by atoms with E-state index in [0.29, 0.717) is 0 Å². The molecule has 124 valence electrons. The van der Waals surface area contributed by atoms with E-state index >= 15 is 0 Å². The number of hydrogen-bond acceptors (Lipinski definition) is 6. The molecule has 0 bridgehead atoms. The van der Waals surface area contributed by atoms with E-state index < -0.39 is 17.8 Å². The normalized spacial score (nSPS) is 14.7. The van der Waals surface area contributed by atoms with Crippen molar-refractivity contribution in [3.8, 4) is 0 Å². The molecule has 6 nitrogen and oxygen atoms in total. The summed E-state index contributed by atoms with van der Waals surface area (Å²) in [5, 5.41) is -0.0963. The molecule has 0 unspecified atom stereocenters. The number of nitrogens with zero attached hydrogens (tertiary/aromatic N) is 1. The number of anilines is 1. The highest BCUT2D eigenvalue weighted by Crippen LogP contribution is 2.35. The molecule has 1 aliphatic rings. The van der Waals surface area contributed by atoms with Crippen LogP contribution in [0.25, 0.3) is 0 Å². The maximum Gasteiger partial charge on any atom is 0.355 e. The number of halogens is 3. The summed E-state index contributed by atoms with van der Waals surface area (Å²) in [7, 11) is 2.32. The summed E-state index contributed by atoms with van der Waals surface area (Å²) in [6.07, 6.45) is 0. The van der Waals surface area contributed by atoms with E-state index in [0.717, 1.165) is 20.3 Å². The van der Waals surface area contributed by atoms with Crippen LogP contribution in [0.1, 0.15) is 0 Å². The van der Waals surface area contributed by atoms with Crippen LogP contribution in [0.5, 0.6) is 0 Å². The molecular formula is C14H12Cl2FNO5. The lowest BCUT2D eigenvalue weighted by atomic mass is 10.1. The number of hydrogen-bond donors (Lipinski definition) is 0. The molecule has 0 atom stereocenters. The van der Waals surface area contributed by atoms with E-state index in [2.05, 4.69) is 4.74 Å². The van der Waals surface area contributed by atoms with Crippen molar-refractivity contribution in [3.63, 3.8) is 0 Å². The molecule has 2 rings (SSSR count). The second kappa shape index (κ2) is 7.16. The van der Waals surface area contributed by atoms with Gasteiger partial charge in [-0.3, -0.25) is 0 Å². The predicted octanol–water partition coefficient (Wildman–Crippen LogP) is 2.53. The molecule has 1 aliphatic heterocycles. The quantitative estimate of drug-likeness (QED) is 0.607. The third-order valence-corrected chi connectivity index (χ3v) is 3.71. The number of rotatable bonds is 3. The van der Waals surface area contributed by atoms with Crippen LogP contribution in [0.3, 0.4) is 0 Å². The van der Waals surface area contributed by atoms with Gasteiger partial charge in [-0.05, 0) is 6.07 Å². The minimum absolute atomic E-state index is 0.0583. The summed E-state index contributed by atoms with van der Waals surface area (Å²) in [6, 6.07) is 2.23. The average Bonchev–Trinajstić information content (AvgIpc) is 2.56. The van der Waals surface area contributed by atoms with Crippen LogP contribution >= 0.6 is 23.2 Å². The van der Waals surface area contributed by atoms with Gasteiger partial charge in [0.05, 0.1) is 42.1 Å². The summed E-state index contributed by atoms with van der Waals surface area (Å²) < 4.78 is 28.4. The summed E-state index contributed by atoms with van der Waals surface area (Å²) in [4.78, 5) is 25.2. The Morgan fingerprint density at radius 2 is 1.83 bits per heavy atom. The summed E-state index contributed by atoms with van der Waals surface area (Å²) in [5.41, 5.74) is -0.0821. The molecule has 1 aromatic carbocycles. The van der Waals surface area contributed by atoms with Crippen molar-refractivity contribution in [2.75, 3.05) is 32.5 Å². The second-order valence-electron chi connectivity index (χ2n) is 4.43. The van der Waals surface area contributed by atoms with Gasteiger partial charge in [-0.25, -0.2) is 14.0 Å². The first kappa shape index (κ1) is 17.5. The van der Waals surface area contributed by atoms with Gasteiger partial charge in [0.15, 0.2) is 0 Å². The van der Waals surface area contributed by atoms with Gasteiger partial charge < -0.3 is 19.1 Å². The number of ether oxygens (including phenoxy) is 3. The van der Waals surface area contributed by atoms with Crippen molar-refractivity contribution in [2.24, 2.45) is 0 Å². The molecular weight excluding hydrogens is 352 g/mol. The molecule has 0 N–H and O–H groups in total. The summed E-state index contributed by atoms with van der Waals surface area (Å²) in [6.45, 7) is -0.285. The van der Waals surface area contributed by atoms with Crippen LogP contribution < -0.4 is 4.90 Å². The Morgan fingerprint density at radius 3 is 2.43 bits per heavy atom. The summed E-state index contributed by atoms with van der Waals surface area (Å²) >= 11 is 11.7. The standard InChI is InChI=1S/C14H12Cl2FNO5/c1-21-13(19)7-5-23-6-18(12(7)14(20)22-2)11-4-10(17)8(15)3-9(11)16/h3-4H,5-6H2,1-2H3. The van der Waals surface area contributed by atoms with Crippen molar-refractivity contribution in [2.45, 2.75) is 0 Å². The second-order valence-corrected chi connectivity index (χ2v) is 5.25. The van der Waals surface area contributed by atoms with Gasteiger partial charge in [0.25, 0.3) is 0 Å². The Hall–Kier alpha value is -1.83. The lowest BCUT2D eigenvalue weighted by Crippen LogP contribution is -2.39. The third-order valence-electron chi connectivity index (χ3n) is 3.11. The van der Waals surface area contributed by atoms with Crippen LogP contribution in [-0.2, 0) is 23.8 Å². The molecule has 0 aromatic heterocycles. The molecule has 0 saturated heterocycles. The van der Waals surface area contributed by atoms with E-state index in [9.17, 15) is 14.0 Å². The van der Waals surface area contributed by atoms with Crippen molar-refractivity contribution in [1.82, 2.24) is 0 Å². The minimum atomic E-state index is -0.805. The van der Waals surface area contributed by atoms with E-state index in [4.69, 9.17) is 32.7 Å². The largest absolute Gasteiger partial charge is 0.466 e. The number of benzene rings is 1. The number of carbonyl (C=O) groups is 2.